The minimum absolute atomic E-state index is 0.0329. The van der Waals surface area contributed by atoms with Crippen LogP contribution in [-0.4, -0.2) is 79.3 Å². The minimum Gasteiger partial charge on any atom is -0.493 e. The molecule has 1 unspecified atom stereocenters. The maximum Gasteiger partial charge on any atom is 0.257 e. The highest BCUT2D eigenvalue weighted by Crippen LogP contribution is 2.38. The number of ether oxygens (including phenoxy) is 3. The van der Waals surface area contributed by atoms with Crippen molar-refractivity contribution in [3.63, 3.8) is 0 Å². The van der Waals surface area contributed by atoms with Gasteiger partial charge in [0.25, 0.3) is 5.91 Å². The van der Waals surface area contributed by atoms with Gasteiger partial charge < -0.3 is 24.0 Å². The van der Waals surface area contributed by atoms with E-state index in [1.807, 2.05) is 41.0 Å². The highest BCUT2D eigenvalue weighted by molar-refractivity contribution is 5.97. The Morgan fingerprint density at radius 2 is 1.68 bits per heavy atom. The number of para-hydroxylation sites is 1. The van der Waals surface area contributed by atoms with E-state index in [4.69, 9.17) is 14.2 Å². The number of likely N-dealkylation sites (tertiary alicyclic amines) is 1. The van der Waals surface area contributed by atoms with Gasteiger partial charge in [0, 0.05) is 32.3 Å². The van der Waals surface area contributed by atoms with Crippen LogP contribution in [0.25, 0.3) is 0 Å². The van der Waals surface area contributed by atoms with Crippen LogP contribution < -0.4 is 4.74 Å². The van der Waals surface area contributed by atoms with Crippen molar-refractivity contribution in [1.82, 2.24) is 9.80 Å². The van der Waals surface area contributed by atoms with Crippen molar-refractivity contribution in [1.29, 1.82) is 0 Å². The van der Waals surface area contributed by atoms with E-state index in [0.29, 0.717) is 31.0 Å². The van der Waals surface area contributed by atoms with Gasteiger partial charge >= 0.3 is 0 Å². The lowest BCUT2D eigenvalue weighted by molar-refractivity contribution is -0.144. The van der Waals surface area contributed by atoms with Crippen LogP contribution in [0.1, 0.15) is 55.8 Å². The summed E-state index contributed by atoms with van der Waals surface area (Å²) in [5.41, 5.74) is 0.633. The lowest BCUT2D eigenvalue weighted by Gasteiger charge is -2.41. The quantitative estimate of drug-likeness (QED) is 0.665. The van der Waals surface area contributed by atoms with E-state index in [0.717, 1.165) is 38.5 Å². The van der Waals surface area contributed by atoms with Gasteiger partial charge in [-0.15, -0.1) is 0 Å². The van der Waals surface area contributed by atoms with E-state index < -0.39 is 0 Å². The third-order valence-electron chi connectivity index (χ3n) is 6.78. The first-order valence-corrected chi connectivity index (χ1v) is 11.6. The number of rotatable bonds is 7. The zero-order chi connectivity index (χ0) is 21.8. The molecule has 0 spiro atoms. The third-order valence-corrected chi connectivity index (χ3v) is 6.78. The van der Waals surface area contributed by atoms with Crippen molar-refractivity contribution in [2.75, 3.05) is 33.4 Å². The van der Waals surface area contributed by atoms with E-state index in [-0.39, 0.29) is 42.7 Å². The fraction of sp³-hybridized carbons (Fsp3) is 0.667. The number of methoxy groups -OCH3 is 1. The monoisotopic (exact) mass is 430 g/mol. The van der Waals surface area contributed by atoms with E-state index >= 15 is 0 Å². The first-order chi connectivity index (χ1) is 15.1. The first-order valence-electron chi connectivity index (χ1n) is 11.6. The Balaban J connectivity index is 1.28. The van der Waals surface area contributed by atoms with Crippen molar-refractivity contribution in [2.24, 2.45) is 0 Å². The van der Waals surface area contributed by atoms with Gasteiger partial charge in [-0.3, -0.25) is 9.59 Å². The average Bonchev–Trinajstić information content (AvgIpc) is 3.05. The van der Waals surface area contributed by atoms with Crippen LogP contribution in [0, 0.1) is 0 Å². The van der Waals surface area contributed by atoms with Gasteiger partial charge in [0.2, 0.25) is 5.91 Å². The summed E-state index contributed by atoms with van der Waals surface area (Å²) in [6, 6.07) is 8.02. The molecule has 170 valence electrons. The number of hydrogen-bond donors (Lipinski definition) is 0. The normalized spacial score (nSPS) is 26.2. The van der Waals surface area contributed by atoms with Crippen molar-refractivity contribution in [3.05, 3.63) is 29.8 Å². The molecular weight excluding hydrogens is 396 g/mol. The SMILES string of the molecule is CCOc1ccccc1C(=O)N1CCC(OC2C[C@H]3CC[C@@H](C2)N3C(=O)COC)CC1. The van der Waals surface area contributed by atoms with Crippen LogP contribution in [0.5, 0.6) is 5.75 Å². The molecule has 2 amide bonds. The molecule has 7 heteroatoms. The molecule has 2 bridgehead atoms. The zero-order valence-corrected chi connectivity index (χ0v) is 18.6. The average molecular weight is 431 g/mol. The zero-order valence-electron chi connectivity index (χ0n) is 18.6. The predicted molar refractivity (Wildman–Crippen MR) is 116 cm³/mol. The summed E-state index contributed by atoms with van der Waals surface area (Å²) in [6.45, 7) is 4.02. The minimum atomic E-state index is 0.0329. The van der Waals surface area contributed by atoms with Gasteiger partial charge in [0.1, 0.15) is 12.4 Å². The predicted octanol–water partition coefficient (Wildman–Crippen LogP) is 2.87. The molecule has 0 radical (unpaired) electrons. The number of nitrogens with zero attached hydrogens (tertiary/aromatic N) is 2. The van der Waals surface area contributed by atoms with Crippen LogP contribution in [0.2, 0.25) is 0 Å². The van der Waals surface area contributed by atoms with Gasteiger partial charge in [-0.25, -0.2) is 0 Å². The maximum absolute atomic E-state index is 13.0. The molecule has 0 aromatic heterocycles. The van der Waals surface area contributed by atoms with E-state index in [1.165, 1.54) is 0 Å². The van der Waals surface area contributed by atoms with Crippen molar-refractivity contribution >= 4 is 11.8 Å². The molecular formula is C24H34N2O5. The Morgan fingerprint density at radius 3 is 2.32 bits per heavy atom. The molecule has 0 saturated carbocycles. The van der Waals surface area contributed by atoms with Crippen LogP contribution in [0.3, 0.4) is 0 Å². The van der Waals surface area contributed by atoms with Crippen molar-refractivity contribution in [3.8, 4) is 5.75 Å². The Morgan fingerprint density at radius 1 is 1.00 bits per heavy atom. The summed E-state index contributed by atoms with van der Waals surface area (Å²) >= 11 is 0. The second kappa shape index (κ2) is 10.0. The molecule has 7 nitrogen and oxygen atoms in total. The number of hydrogen-bond acceptors (Lipinski definition) is 5. The summed E-state index contributed by atoms with van der Waals surface area (Å²) in [6.07, 6.45) is 6.02. The smallest absolute Gasteiger partial charge is 0.257 e. The third kappa shape index (κ3) is 4.88. The van der Waals surface area contributed by atoms with Crippen LogP contribution in [-0.2, 0) is 14.3 Å². The molecule has 31 heavy (non-hydrogen) atoms. The fourth-order valence-electron chi connectivity index (χ4n) is 5.41. The van der Waals surface area contributed by atoms with E-state index in [1.54, 1.807) is 7.11 Å². The second-order valence-electron chi connectivity index (χ2n) is 8.77. The fourth-order valence-corrected chi connectivity index (χ4v) is 5.41. The Hall–Kier alpha value is -2.12. The molecule has 1 aromatic carbocycles. The summed E-state index contributed by atoms with van der Waals surface area (Å²) in [4.78, 5) is 29.3. The highest BCUT2D eigenvalue weighted by atomic mass is 16.5. The van der Waals surface area contributed by atoms with Crippen LogP contribution in [0.4, 0.5) is 0 Å². The first kappa shape index (κ1) is 22.1. The van der Waals surface area contributed by atoms with Crippen LogP contribution in [0.15, 0.2) is 24.3 Å². The van der Waals surface area contributed by atoms with E-state index in [2.05, 4.69) is 0 Å². The highest BCUT2D eigenvalue weighted by Gasteiger charge is 2.44. The summed E-state index contributed by atoms with van der Waals surface area (Å²) in [7, 11) is 1.57. The number of carbonyl (C=O) groups is 2. The number of fused-ring (bicyclic) bond motifs is 2. The lowest BCUT2D eigenvalue weighted by Crippen LogP contribution is -2.51. The van der Waals surface area contributed by atoms with Gasteiger partial charge in [-0.05, 0) is 57.6 Å². The van der Waals surface area contributed by atoms with Crippen molar-refractivity contribution in [2.45, 2.75) is 69.7 Å². The molecule has 3 heterocycles. The number of benzene rings is 1. The van der Waals surface area contributed by atoms with Gasteiger partial charge in [-0.1, -0.05) is 12.1 Å². The molecule has 4 rings (SSSR count). The van der Waals surface area contributed by atoms with Gasteiger partial charge in [-0.2, -0.15) is 0 Å². The number of amides is 2. The molecule has 3 atom stereocenters. The molecule has 3 aliphatic rings. The lowest BCUT2D eigenvalue weighted by atomic mass is 9.98. The van der Waals surface area contributed by atoms with E-state index in [9.17, 15) is 9.59 Å². The van der Waals surface area contributed by atoms with Crippen LogP contribution >= 0.6 is 0 Å². The van der Waals surface area contributed by atoms with Crippen molar-refractivity contribution < 1.29 is 23.8 Å². The molecule has 3 saturated heterocycles. The van der Waals surface area contributed by atoms with Gasteiger partial charge in [0.05, 0.1) is 24.4 Å². The Kier molecular flexibility index (Phi) is 7.13. The molecule has 0 aliphatic carbocycles. The molecule has 0 N–H and O–H groups in total. The number of piperidine rings is 2. The largest absolute Gasteiger partial charge is 0.493 e. The summed E-state index contributed by atoms with van der Waals surface area (Å²) in [5, 5.41) is 0. The Labute approximate surface area is 184 Å². The standard InChI is InChI=1S/C24H34N2O5/c1-3-30-22-7-5-4-6-21(22)24(28)25-12-10-19(11-13-25)31-20-14-17-8-9-18(15-20)26(17)23(27)16-29-2/h4-7,17-20H,3,8-16H2,1-2H3/t17-,18+,20?. The topological polar surface area (TPSA) is 68.3 Å². The summed E-state index contributed by atoms with van der Waals surface area (Å²) in [5.74, 6) is 0.789. The number of carbonyl (C=O) groups excluding carboxylic acids is 2. The molecule has 3 fully saturated rings. The molecule has 1 aromatic rings. The summed E-state index contributed by atoms with van der Waals surface area (Å²) < 4.78 is 17.1. The maximum atomic E-state index is 13.0. The van der Waals surface area contributed by atoms with Gasteiger partial charge in [0.15, 0.2) is 0 Å². The second-order valence-corrected chi connectivity index (χ2v) is 8.77. The molecule has 3 aliphatic heterocycles. The Bertz CT molecular complexity index is 763.